The van der Waals surface area contributed by atoms with Gasteiger partial charge in [0.25, 0.3) is 0 Å². The molecular weight excluding hydrogens is 351 g/mol. The molecule has 2 aromatic carbocycles. The number of ketones is 1. The van der Waals surface area contributed by atoms with Crippen molar-refractivity contribution < 1.29 is 4.79 Å². The standard InChI is InChI=1S/C22H20Cl2O/c23-18-16(14-8-3-1-4-9-14)21(18)12-7-13-22(20(21)25)17(19(22)24)15-10-5-2-6-11-15/h1-6,8-11,16-19H,7,12-13H2. The Labute approximate surface area is 158 Å². The van der Waals surface area contributed by atoms with E-state index in [1.807, 2.05) is 36.4 Å². The van der Waals surface area contributed by atoms with Crippen molar-refractivity contribution in [1.29, 1.82) is 0 Å². The van der Waals surface area contributed by atoms with Crippen molar-refractivity contribution in [1.82, 2.24) is 0 Å². The van der Waals surface area contributed by atoms with Crippen molar-refractivity contribution in [3.63, 3.8) is 0 Å². The number of hydrogen-bond acceptors (Lipinski definition) is 1. The van der Waals surface area contributed by atoms with Crippen molar-refractivity contribution in [2.75, 3.05) is 0 Å². The van der Waals surface area contributed by atoms with Crippen LogP contribution in [-0.2, 0) is 4.79 Å². The number of hydrogen-bond donors (Lipinski definition) is 0. The number of carbonyl (C=O) groups is 1. The molecule has 3 saturated carbocycles. The highest BCUT2D eigenvalue weighted by Crippen LogP contribution is 2.77. The Bertz CT molecular complexity index is 753. The molecule has 6 atom stereocenters. The Hall–Kier alpha value is -1.31. The third-order valence-electron chi connectivity index (χ3n) is 6.81. The highest BCUT2D eigenvalue weighted by atomic mass is 35.5. The molecule has 2 aromatic rings. The van der Waals surface area contributed by atoms with E-state index < -0.39 is 10.8 Å². The molecule has 0 heterocycles. The second-order valence-electron chi connectivity index (χ2n) is 7.84. The molecule has 6 unspecified atom stereocenters. The van der Waals surface area contributed by atoms with Gasteiger partial charge >= 0.3 is 0 Å². The van der Waals surface area contributed by atoms with Gasteiger partial charge in [-0.15, -0.1) is 23.2 Å². The summed E-state index contributed by atoms with van der Waals surface area (Å²) in [7, 11) is 0. The Balaban J connectivity index is 1.51. The summed E-state index contributed by atoms with van der Waals surface area (Å²) in [5.74, 6) is 0.607. The molecule has 0 radical (unpaired) electrons. The number of carbonyl (C=O) groups excluding carboxylic acids is 1. The predicted octanol–water partition coefficient (Wildman–Crippen LogP) is 5.52. The third kappa shape index (κ3) is 1.94. The minimum Gasteiger partial charge on any atom is -0.298 e. The van der Waals surface area contributed by atoms with Crippen LogP contribution < -0.4 is 0 Å². The normalized spacial score (nSPS) is 41.9. The number of benzene rings is 2. The van der Waals surface area contributed by atoms with Crippen LogP contribution in [0.1, 0.15) is 42.2 Å². The highest BCUT2D eigenvalue weighted by Gasteiger charge is 2.80. The van der Waals surface area contributed by atoms with E-state index in [1.165, 1.54) is 11.1 Å². The zero-order valence-electron chi connectivity index (χ0n) is 13.9. The summed E-state index contributed by atoms with van der Waals surface area (Å²) >= 11 is 13.5. The molecule has 3 aliphatic rings. The molecule has 1 nitrogen and oxygen atoms in total. The second-order valence-corrected chi connectivity index (χ2v) is 8.78. The van der Waals surface area contributed by atoms with Crippen LogP contribution in [0.15, 0.2) is 60.7 Å². The summed E-state index contributed by atoms with van der Waals surface area (Å²) < 4.78 is 0. The monoisotopic (exact) mass is 370 g/mol. The summed E-state index contributed by atoms with van der Waals surface area (Å²) in [6.07, 6.45) is 2.82. The first kappa shape index (κ1) is 15.9. The lowest BCUT2D eigenvalue weighted by Gasteiger charge is -2.30. The summed E-state index contributed by atoms with van der Waals surface area (Å²) in [6, 6.07) is 20.5. The second kappa shape index (κ2) is 5.34. The lowest BCUT2D eigenvalue weighted by atomic mass is 9.71. The fraction of sp³-hybridized carbons (Fsp3) is 0.409. The first-order valence-electron chi connectivity index (χ1n) is 9.07. The van der Waals surface area contributed by atoms with Gasteiger partial charge in [0.05, 0.1) is 21.6 Å². The van der Waals surface area contributed by atoms with E-state index in [0.717, 1.165) is 19.3 Å². The van der Waals surface area contributed by atoms with E-state index in [0.29, 0.717) is 5.78 Å². The summed E-state index contributed by atoms with van der Waals surface area (Å²) in [6.45, 7) is 0. The highest BCUT2D eigenvalue weighted by molar-refractivity contribution is 6.31. The number of rotatable bonds is 2. The molecule has 3 fully saturated rings. The molecule has 3 heteroatoms. The average Bonchev–Trinajstić information content (AvgIpc) is 3.46. The van der Waals surface area contributed by atoms with E-state index >= 15 is 0 Å². The van der Waals surface area contributed by atoms with Crippen LogP contribution in [0.2, 0.25) is 0 Å². The zero-order chi connectivity index (χ0) is 17.2. The van der Waals surface area contributed by atoms with Crippen molar-refractivity contribution in [2.24, 2.45) is 10.8 Å². The summed E-state index contributed by atoms with van der Waals surface area (Å²) in [4.78, 5) is 13.7. The molecular formula is C22H20Cl2O. The lowest BCUT2D eigenvalue weighted by Crippen LogP contribution is -2.36. The average molecular weight is 371 g/mol. The van der Waals surface area contributed by atoms with E-state index in [-0.39, 0.29) is 22.6 Å². The zero-order valence-corrected chi connectivity index (χ0v) is 15.4. The van der Waals surface area contributed by atoms with Gasteiger partial charge in [-0.25, -0.2) is 0 Å². The van der Waals surface area contributed by atoms with Gasteiger partial charge < -0.3 is 0 Å². The van der Waals surface area contributed by atoms with Crippen LogP contribution in [0.25, 0.3) is 0 Å². The first-order chi connectivity index (χ1) is 12.1. The molecule has 0 N–H and O–H groups in total. The topological polar surface area (TPSA) is 17.1 Å². The fourth-order valence-electron chi connectivity index (χ4n) is 5.49. The van der Waals surface area contributed by atoms with Crippen molar-refractivity contribution in [3.05, 3.63) is 71.8 Å². The largest absolute Gasteiger partial charge is 0.298 e. The van der Waals surface area contributed by atoms with Gasteiger partial charge in [-0.05, 0) is 24.0 Å². The molecule has 0 bridgehead atoms. The van der Waals surface area contributed by atoms with Gasteiger partial charge in [-0.2, -0.15) is 0 Å². The fourth-order valence-corrected chi connectivity index (χ4v) is 6.78. The maximum absolute atomic E-state index is 13.7. The van der Waals surface area contributed by atoms with Crippen LogP contribution in [-0.4, -0.2) is 16.5 Å². The van der Waals surface area contributed by atoms with Crippen LogP contribution in [0, 0.1) is 10.8 Å². The molecule has 2 spiro atoms. The van der Waals surface area contributed by atoms with Crippen molar-refractivity contribution >= 4 is 29.0 Å². The van der Waals surface area contributed by atoms with Gasteiger partial charge in [0.2, 0.25) is 0 Å². The summed E-state index contributed by atoms with van der Waals surface area (Å²) in [5.41, 5.74) is 1.57. The Morgan fingerprint density at radius 1 is 0.720 bits per heavy atom. The van der Waals surface area contributed by atoms with Gasteiger partial charge in [0.1, 0.15) is 5.78 Å². The smallest absolute Gasteiger partial charge is 0.149 e. The van der Waals surface area contributed by atoms with E-state index in [2.05, 4.69) is 24.3 Å². The van der Waals surface area contributed by atoms with Crippen molar-refractivity contribution in [2.45, 2.75) is 41.9 Å². The number of Topliss-reactive ketones (excluding diaryl/α,β-unsaturated/α-hetero) is 1. The maximum atomic E-state index is 13.7. The SMILES string of the molecule is O=C1C2(CCCC13C(Cl)C3c1ccccc1)C(Cl)C2c1ccccc1. The quantitative estimate of drug-likeness (QED) is 0.635. The van der Waals surface area contributed by atoms with Gasteiger partial charge in [0.15, 0.2) is 0 Å². The molecule has 0 saturated heterocycles. The lowest BCUT2D eigenvalue weighted by molar-refractivity contribution is -0.132. The van der Waals surface area contributed by atoms with E-state index in [9.17, 15) is 4.79 Å². The number of alkyl halides is 2. The Morgan fingerprint density at radius 2 is 1.12 bits per heavy atom. The van der Waals surface area contributed by atoms with Gasteiger partial charge in [-0.1, -0.05) is 67.1 Å². The van der Waals surface area contributed by atoms with Crippen LogP contribution in [0.3, 0.4) is 0 Å². The molecule has 25 heavy (non-hydrogen) atoms. The van der Waals surface area contributed by atoms with Crippen LogP contribution >= 0.6 is 23.2 Å². The molecule has 0 amide bonds. The third-order valence-corrected chi connectivity index (χ3v) is 8.09. The van der Waals surface area contributed by atoms with Gasteiger partial charge in [0, 0.05) is 11.8 Å². The van der Waals surface area contributed by atoms with Crippen LogP contribution in [0.5, 0.6) is 0 Å². The van der Waals surface area contributed by atoms with Crippen molar-refractivity contribution in [3.8, 4) is 0 Å². The molecule has 0 aromatic heterocycles. The predicted molar refractivity (Wildman–Crippen MR) is 101 cm³/mol. The minimum atomic E-state index is -0.405. The molecule has 0 aliphatic heterocycles. The maximum Gasteiger partial charge on any atom is 0.149 e. The van der Waals surface area contributed by atoms with Gasteiger partial charge in [-0.3, -0.25) is 4.79 Å². The molecule has 128 valence electrons. The summed E-state index contributed by atoms with van der Waals surface area (Å²) in [5, 5.41) is -0.194. The Kier molecular flexibility index (Phi) is 3.40. The number of halogens is 2. The first-order valence-corrected chi connectivity index (χ1v) is 9.94. The van der Waals surface area contributed by atoms with Crippen LogP contribution in [0.4, 0.5) is 0 Å². The van der Waals surface area contributed by atoms with E-state index in [4.69, 9.17) is 23.2 Å². The molecule has 3 aliphatic carbocycles. The van der Waals surface area contributed by atoms with E-state index in [1.54, 1.807) is 0 Å². The minimum absolute atomic E-state index is 0.0968. The molecule has 5 rings (SSSR count). The Morgan fingerprint density at radius 3 is 1.52 bits per heavy atom.